The number of carbonyl (C=O) groups excluding carboxylic acids is 1. The van der Waals surface area contributed by atoms with Gasteiger partial charge >= 0.3 is 5.97 Å². The smallest absolute Gasteiger partial charge is 0.303 e. The summed E-state index contributed by atoms with van der Waals surface area (Å²) in [7, 11) is 1.52. The van der Waals surface area contributed by atoms with Crippen LogP contribution in [0.15, 0.2) is 18.2 Å². The van der Waals surface area contributed by atoms with Crippen molar-refractivity contribution < 1.29 is 23.5 Å². The number of halogens is 2. The highest BCUT2D eigenvalue weighted by molar-refractivity contribution is 5.76. The Morgan fingerprint density at radius 2 is 1.86 bits per heavy atom. The molecule has 0 fully saturated rings. The van der Waals surface area contributed by atoms with Gasteiger partial charge in [-0.05, 0) is 38.0 Å². The third-order valence-corrected chi connectivity index (χ3v) is 3.41. The molecule has 4 nitrogen and oxygen atoms in total. The highest BCUT2D eigenvalue weighted by Gasteiger charge is 2.20. The first-order chi connectivity index (χ1) is 9.82. The van der Waals surface area contributed by atoms with E-state index in [0.29, 0.717) is 12.8 Å². The van der Waals surface area contributed by atoms with E-state index in [1.54, 1.807) is 6.92 Å². The van der Waals surface area contributed by atoms with Crippen molar-refractivity contribution in [2.45, 2.75) is 38.6 Å². The van der Waals surface area contributed by atoms with Crippen molar-refractivity contribution in [1.29, 1.82) is 0 Å². The number of benzene rings is 1. The molecule has 0 aromatic heterocycles. The van der Waals surface area contributed by atoms with Gasteiger partial charge in [0.25, 0.3) is 0 Å². The molecule has 0 heterocycles. The highest BCUT2D eigenvalue weighted by Crippen LogP contribution is 2.23. The Morgan fingerprint density at radius 1 is 1.24 bits per heavy atom. The molecule has 0 aliphatic rings. The van der Waals surface area contributed by atoms with Gasteiger partial charge in [-0.1, -0.05) is 0 Å². The minimum Gasteiger partial charge on any atom is -0.481 e. The van der Waals surface area contributed by atoms with E-state index in [2.05, 4.69) is 0 Å². The quantitative estimate of drug-likeness (QED) is 0.787. The number of hydrogen-bond donors (Lipinski definition) is 1. The van der Waals surface area contributed by atoms with Gasteiger partial charge in [-0.3, -0.25) is 9.59 Å². The van der Waals surface area contributed by atoms with E-state index in [1.807, 2.05) is 0 Å². The predicted molar refractivity (Wildman–Crippen MR) is 73.6 cm³/mol. The van der Waals surface area contributed by atoms with E-state index >= 15 is 0 Å². The molecular formula is C15H19F2NO3. The Labute approximate surface area is 122 Å². The van der Waals surface area contributed by atoms with Crippen molar-refractivity contribution in [2.24, 2.45) is 0 Å². The lowest BCUT2D eigenvalue weighted by molar-refractivity contribution is -0.137. The van der Waals surface area contributed by atoms with Crippen molar-refractivity contribution >= 4 is 11.9 Å². The minimum atomic E-state index is -0.897. The lowest BCUT2D eigenvalue weighted by Crippen LogP contribution is -2.30. The molecule has 1 rings (SSSR count). The fourth-order valence-electron chi connectivity index (χ4n) is 1.99. The molecular weight excluding hydrogens is 280 g/mol. The van der Waals surface area contributed by atoms with Crippen LogP contribution >= 0.6 is 0 Å². The summed E-state index contributed by atoms with van der Waals surface area (Å²) in [5.74, 6) is -2.24. The van der Waals surface area contributed by atoms with E-state index in [9.17, 15) is 18.4 Å². The highest BCUT2D eigenvalue weighted by atomic mass is 19.1. The first kappa shape index (κ1) is 17.1. The molecule has 1 aromatic rings. The number of amides is 1. The zero-order chi connectivity index (χ0) is 16.0. The second-order valence-corrected chi connectivity index (χ2v) is 4.95. The third-order valence-electron chi connectivity index (χ3n) is 3.41. The molecule has 0 spiro atoms. The lowest BCUT2D eigenvalue weighted by Gasteiger charge is -2.25. The fourth-order valence-corrected chi connectivity index (χ4v) is 1.99. The Bertz CT molecular complexity index is 520. The van der Waals surface area contributed by atoms with Crippen LogP contribution in [-0.4, -0.2) is 28.9 Å². The van der Waals surface area contributed by atoms with E-state index in [4.69, 9.17) is 5.11 Å². The Morgan fingerprint density at radius 3 is 2.48 bits per heavy atom. The summed E-state index contributed by atoms with van der Waals surface area (Å²) in [4.78, 5) is 23.7. The van der Waals surface area contributed by atoms with Crippen LogP contribution in [0.1, 0.15) is 44.2 Å². The predicted octanol–water partition coefficient (Wildman–Crippen LogP) is 3.13. The Balaban J connectivity index is 2.60. The molecule has 116 valence electrons. The van der Waals surface area contributed by atoms with Gasteiger partial charge in [-0.2, -0.15) is 0 Å². The summed E-state index contributed by atoms with van der Waals surface area (Å²) in [6.07, 6.45) is 1.07. The average Bonchev–Trinajstić information content (AvgIpc) is 2.44. The maximum absolute atomic E-state index is 13.7. The summed E-state index contributed by atoms with van der Waals surface area (Å²) >= 11 is 0. The summed E-state index contributed by atoms with van der Waals surface area (Å²) in [6.45, 7) is 1.62. The second-order valence-electron chi connectivity index (χ2n) is 4.95. The molecule has 0 aliphatic carbocycles. The van der Waals surface area contributed by atoms with Crippen molar-refractivity contribution in [3.63, 3.8) is 0 Å². The number of rotatable bonds is 7. The topological polar surface area (TPSA) is 57.6 Å². The van der Waals surface area contributed by atoms with E-state index in [0.717, 1.165) is 18.2 Å². The van der Waals surface area contributed by atoms with Crippen LogP contribution in [0.2, 0.25) is 0 Å². The van der Waals surface area contributed by atoms with Crippen molar-refractivity contribution in [3.05, 3.63) is 35.4 Å². The van der Waals surface area contributed by atoms with Crippen molar-refractivity contribution in [3.8, 4) is 0 Å². The number of nitrogens with zero attached hydrogens (tertiary/aromatic N) is 1. The van der Waals surface area contributed by atoms with Gasteiger partial charge in [0, 0.05) is 25.5 Å². The SMILES string of the molecule is CC(c1cc(F)ccc1F)N(C)C(=O)CCCCC(=O)O. The number of unbranched alkanes of at least 4 members (excludes halogenated alkanes) is 1. The normalized spacial score (nSPS) is 12.0. The molecule has 6 heteroatoms. The van der Waals surface area contributed by atoms with Gasteiger partial charge < -0.3 is 10.0 Å². The van der Waals surface area contributed by atoms with Gasteiger partial charge in [-0.15, -0.1) is 0 Å². The van der Waals surface area contributed by atoms with Crippen LogP contribution in [0.3, 0.4) is 0 Å². The molecule has 1 N–H and O–H groups in total. The molecule has 21 heavy (non-hydrogen) atoms. The molecule has 0 aliphatic heterocycles. The first-order valence-corrected chi connectivity index (χ1v) is 6.75. The van der Waals surface area contributed by atoms with E-state index in [-0.39, 0.29) is 24.3 Å². The monoisotopic (exact) mass is 299 g/mol. The number of carboxylic acid groups (broad SMARTS) is 1. The largest absolute Gasteiger partial charge is 0.481 e. The van der Waals surface area contributed by atoms with Crippen LogP contribution in [0.5, 0.6) is 0 Å². The van der Waals surface area contributed by atoms with E-state index in [1.165, 1.54) is 11.9 Å². The van der Waals surface area contributed by atoms with Crippen molar-refractivity contribution in [1.82, 2.24) is 4.90 Å². The van der Waals surface area contributed by atoms with Crippen LogP contribution in [-0.2, 0) is 9.59 Å². The van der Waals surface area contributed by atoms with Gasteiger partial charge in [-0.25, -0.2) is 8.78 Å². The second kappa shape index (κ2) is 7.71. The number of carbonyl (C=O) groups is 2. The fraction of sp³-hybridized carbons (Fsp3) is 0.467. The molecule has 1 unspecified atom stereocenters. The minimum absolute atomic E-state index is 0.0189. The molecule has 0 bridgehead atoms. The summed E-state index contributed by atoms with van der Waals surface area (Å²) in [5.41, 5.74) is 0.122. The average molecular weight is 299 g/mol. The summed E-state index contributed by atoms with van der Waals surface area (Å²) in [6, 6.07) is 2.55. The van der Waals surface area contributed by atoms with Crippen LogP contribution in [0.25, 0.3) is 0 Å². The number of hydrogen-bond acceptors (Lipinski definition) is 2. The maximum Gasteiger partial charge on any atom is 0.303 e. The zero-order valence-electron chi connectivity index (χ0n) is 12.1. The Hall–Kier alpha value is -1.98. The van der Waals surface area contributed by atoms with E-state index < -0.39 is 23.6 Å². The zero-order valence-corrected chi connectivity index (χ0v) is 12.1. The lowest BCUT2D eigenvalue weighted by atomic mass is 10.1. The van der Waals surface area contributed by atoms with Crippen molar-refractivity contribution in [2.75, 3.05) is 7.05 Å². The maximum atomic E-state index is 13.7. The molecule has 1 amide bonds. The van der Waals surface area contributed by atoms with Gasteiger partial charge in [0.2, 0.25) is 5.91 Å². The standard InChI is InChI=1S/C15H19F2NO3/c1-10(12-9-11(16)7-8-13(12)17)18(2)14(19)5-3-4-6-15(20)21/h7-10H,3-6H2,1-2H3,(H,20,21). The van der Waals surface area contributed by atoms with Crippen LogP contribution < -0.4 is 0 Å². The molecule has 0 radical (unpaired) electrons. The van der Waals surface area contributed by atoms with Gasteiger partial charge in [0.1, 0.15) is 11.6 Å². The third kappa shape index (κ3) is 5.13. The molecule has 1 aromatic carbocycles. The first-order valence-electron chi connectivity index (χ1n) is 6.75. The van der Waals surface area contributed by atoms with Gasteiger partial charge in [0.15, 0.2) is 0 Å². The molecule has 1 atom stereocenters. The molecule has 0 saturated carbocycles. The number of aliphatic carboxylic acids is 1. The summed E-state index contributed by atoms with van der Waals surface area (Å²) < 4.78 is 26.8. The van der Waals surface area contributed by atoms with Crippen LogP contribution in [0.4, 0.5) is 8.78 Å². The molecule has 0 saturated heterocycles. The Kier molecular flexibility index (Phi) is 6.27. The van der Waals surface area contributed by atoms with Crippen LogP contribution in [0, 0.1) is 11.6 Å². The summed E-state index contributed by atoms with van der Waals surface area (Å²) in [5, 5.41) is 8.51. The number of carboxylic acids is 1. The van der Waals surface area contributed by atoms with Gasteiger partial charge in [0.05, 0.1) is 6.04 Å².